The zero-order valence-corrected chi connectivity index (χ0v) is 11.2. The van der Waals surface area contributed by atoms with Gasteiger partial charge in [0, 0.05) is 11.0 Å². The lowest BCUT2D eigenvalue weighted by Gasteiger charge is -2.05. The van der Waals surface area contributed by atoms with Gasteiger partial charge in [0.05, 0.1) is 15.9 Å². The molecule has 0 amide bonds. The maximum absolute atomic E-state index is 10.6. The van der Waals surface area contributed by atoms with E-state index in [0.29, 0.717) is 4.90 Å². The summed E-state index contributed by atoms with van der Waals surface area (Å²) in [6.45, 7) is 2.09. The van der Waals surface area contributed by atoms with E-state index < -0.39 is 4.92 Å². The fraction of sp³-hybridized carbons (Fsp3) is 0.143. The number of hydrogen-bond acceptors (Lipinski definition) is 4. The van der Waals surface area contributed by atoms with Crippen LogP contribution in [-0.4, -0.2) is 10.0 Å². The number of rotatable bonds is 4. The molecule has 19 heavy (non-hydrogen) atoms. The molecule has 0 heterocycles. The first-order valence-electron chi connectivity index (χ1n) is 5.84. The van der Waals surface area contributed by atoms with Crippen molar-refractivity contribution in [1.29, 1.82) is 0 Å². The number of benzene rings is 2. The summed E-state index contributed by atoms with van der Waals surface area (Å²) >= 11 is 1.38. The molecule has 4 nitrogen and oxygen atoms in total. The molecule has 0 atom stereocenters. The molecule has 1 N–H and O–H groups in total. The minimum Gasteiger partial charge on any atom is -0.507 e. The molecule has 2 aromatic rings. The third kappa shape index (κ3) is 3.26. The van der Waals surface area contributed by atoms with Gasteiger partial charge < -0.3 is 5.11 Å². The molecule has 0 bridgehead atoms. The lowest BCUT2D eigenvalue weighted by molar-refractivity contribution is -0.385. The molecule has 0 aliphatic carbocycles. The van der Waals surface area contributed by atoms with Gasteiger partial charge in [-0.2, -0.15) is 0 Å². The molecule has 2 rings (SSSR count). The fourth-order valence-corrected chi connectivity index (χ4v) is 2.45. The second kappa shape index (κ2) is 5.75. The third-order valence-electron chi connectivity index (χ3n) is 2.71. The topological polar surface area (TPSA) is 63.4 Å². The molecule has 0 spiro atoms. The first-order chi connectivity index (χ1) is 9.10. The van der Waals surface area contributed by atoms with Crippen LogP contribution in [-0.2, 0) is 6.42 Å². The van der Waals surface area contributed by atoms with Gasteiger partial charge in [0.15, 0.2) is 0 Å². The SMILES string of the molecule is CCc1ccc(Sc2ccc([N+](=O)[O-])cc2O)cc1. The number of nitro groups is 1. The number of nitro benzene ring substituents is 1. The number of aromatic hydroxyl groups is 1. The minimum atomic E-state index is -0.524. The highest BCUT2D eigenvalue weighted by atomic mass is 32.2. The van der Waals surface area contributed by atoms with Crippen LogP contribution in [0, 0.1) is 10.1 Å². The summed E-state index contributed by atoms with van der Waals surface area (Å²) in [4.78, 5) is 11.7. The Morgan fingerprint density at radius 1 is 1.21 bits per heavy atom. The Hall–Kier alpha value is -2.01. The molecule has 0 aliphatic rings. The predicted octanol–water partition coefficient (Wildman–Crippen LogP) is 4.01. The standard InChI is InChI=1S/C14H13NO3S/c1-2-10-3-6-12(7-4-10)19-14-8-5-11(15(17)18)9-13(14)16/h3-9,16H,2H2,1H3. The summed E-state index contributed by atoms with van der Waals surface area (Å²) in [5, 5.41) is 20.4. The van der Waals surface area contributed by atoms with Crippen LogP contribution in [0.2, 0.25) is 0 Å². The maximum atomic E-state index is 10.6. The summed E-state index contributed by atoms with van der Waals surface area (Å²) in [7, 11) is 0. The van der Waals surface area contributed by atoms with E-state index in [4.69, 9.17) is 0 Å². The van der Waals surface area contributed by atoms with Gasteiger partial charge in [-0.3, -0.25) is 10.1 Å². The van der Waals surface area contributed by atoms with E-state index in [1.54, 1.807) is 6.07 Å². The van der Waals surface area contributed by atoms with Crippen molar-refractivity contribution >= 4 is 17.4 Å². The van der Waals surface area contributed by atoms with Gasteiger partial charge in [-0.05, 0) is 30.2 Å². The average Bonchev–Trinajstić information content (AvgIpc) is 2.41. The van der Waals surface area contributed by atoms with Crippen molar-refractivity contribution in [3.63, 3.8) is 0 Å². The van der Waals surface area contributed by atoms with Crippen molar-refractivity contribution < 1.29 is 10.0 Å². The minimum absolute atomic E-state index is 0.0706. The second-order valence-electron chi connectivity index (χ2n) is 4.01. The normalized spacial score (nSPS) is 10.4. The van der Waals surface area contributed by atoms with Crippen LogP contribution in [0.1, 0.15) is 12.5 Å². The van der Waals surface area contributed by atoms with Crippen LogP contribution in [0.5, 0.6) is 5.75 Å². The quantitative estimate of drug-likeness (QED) is 0.676. The highest BCUT2D eigenvalue weighted by molar-refractivity contribution is 7.99. The Kier molecular flexibility index (Phi) is 4.06. The van der Waals surface area contributed by atoms with Crippen LogP contribution in [0.3, 0.4) is 0 Å². The van der Waals surface area contributed by atoms with E-state index in [-0.39, 0.29) is 11.4 Å². The molecule has 98 valence electrons. The van der Waals surface area contributed by atoms with Crippen molar-refractivity contribution in [2.75, 3.05) is 0 Å². The average molecular weight is 275 g/mol. The highest BCUT2D eigenvalue weighted by Gasteiger charge is 2.10. The smallest absolute Gasteiger partial charge is 0.273 e. The summed E-state index contributed by atoms with van der Waals surface area (Å²) in [5.41, 5.74) is 1.14. The number of phenols is 1. The van der Waals surface area contributed by atoms with Gasteiger partial charge in [0.25, 0.3) is 5.69 Å². The van der Waals surface area contributed by atoms with Crippen molar-refractivity contribution in [3.8, 4) is 5.75 Å². The fourth-order valence-electron chi connectivity index (χ4n) is 1.63. The number of non-ortho nitro benzene ring substituents is 1. The van der Waals surface area contributed by atoms with Gasteiger partial charge in [-0.25, -0.2) is 0 Å². The van der Waals surface area contributed by atoms with Crippen LogP contribution >= 0.6 is 11.8 Å². The molecule has 0 aromatic heterocycles. The van der Waals surface area contributed by atoms with Crippen LogP contribution in [0.25, 0.3) is 0 Å². The largest absolute Gasteiger partial charge is 0.507 e. The van der Waals surface area contributed by atoms with Gasteiger partial charge >= 0.3 is 0 Å². The Morgan fingerprint density at radius 3 is 2.42 bits per heavy atom. The predicted molar refractivity (Wildman–Crippen MR) is 74.7 cm³/mol. The maximum Gasteiger partial charge on any atom is 0.273 e. The monoisotopic (exact) mass is 275 g/mol. The molecule has 0 unspecified atom stereocenters. The Balaban J connectivity index is 2.20. The van der Waals surface area contributed by atoms with Crippen molar-refractivity contribution in [2.45, 2.75) is 23.1 Å². The highest BCUT2D eigenvalue weighted by Crippen LogP contribution is 2.36. The van der Waals surface area contributed by atoms with Crippen molar-refractivity contribution in [1.82, 2.24) is 0 Å². The zero-order chi connectivity index (χ0) is 13.8. The van der Waals surface area contributed by atoms with E-state index in [9.17, 15) is 15.2 Å². The molecular weight excluding hydrogens is 262 g/mol. The molecule has 0 radical (unpaired) electrons. The number of aryl methyl sites for hydroxylation is 1. The van der Waals surface area contributed by atoms with E-state index in [0.717, 1.165) is 11.3 Å². The van der Waals surface area contributed by atoms with Crippen LogP contribution in [0.4, 0.5) is 5.69 Å². The van der Waals surface area contributed by atoms with Gasteiger partial charge in [-0.1, -0.05) is 30.8 Å². The Morgan fingerprint density at radius 2 is 1.89 bits per heavy atom. The molecule has 2 aromatic carbocycles. The first-order valence-corrected chi connectivity index (χ1v) is 6.66. The molecular formula is C14H13NO3S. The van der Waals surface area contributed by atoms with E-state index in [1.807, 2.05) is 24.3 Å². The Bertz CT molecular complexity index is 596. The Labute approximate surface area is 115 Å². The zero-order valence-electron chi connectivity index (χ0n) is 10.4. The van der Waals surface area contributed by atoms with Gasteiger partial charge in [0.2, 0.25) is 0 Å². The van der Waals surface area contributed by atoms with Crippen LogP contribution < -0.4 is 0 Å². The van der Waals surface area contributed by atoms with E-state index >= 15 is 0 Å². The summed E-state index contributed by atoms with van der Waals surface area (Å²) in [5.74, 6) is -0.0706. The first kappa shape index (κ1) is 13.4. The van der Waals surface area contributed by atoms with Gasteiger partial charge in [0.1, 0.15) is 5.75 Å². The second-order valence-corrected chi connectivity index (χ2v) is 5.12. The molecule has 0 fully saturated rings. The summed E-state index contributed by atoms with van der Waals surface area (Å²) in [6.07, 6.45) is 0.980. The molecule has 5 heteroatoms. The number of hydrogen-bond donors (Lipinski definition) is 1. The lowest BCUT2D eigenvalue weighted by Crippen LogP contribution is -1.87. The lowest BCUT2D eigenvalue weighted by atomic mass is 10.2. The van der Waals surface area contributed by atoms with Crippen LogP contribution in [0.15, 0.2) is 52.3 Å². The van der Waals surface area contributed by atoms with Gasteiger partial charge in [-0.15, -0.1) is 0 Å². The summed E-state index contributed by atoms with van der Waals surface area (Å²) < 4.78 is 0. The van der Waals surface area contributed by atoms with E-state index in [2.05, 4.69) is 6.92 Å². The number of phenolic OH excluding ortho intramolecular Hbond substituents is 1. The van der Waals surface area contributed by atoms with Crippen molar-refractivity contribution in [3.05, 3.63) is 58.1 Å². The molecule has 0 saturated carbocycles. The van der Waals surface area contributed by atoms with E-state index in [1.165, 1.54) is 29.5 Å². The molecule has 0 saturated heterocycles. The summed E-state index contributed by atoms with van der Waals surface area (Å²) in [6, 6.07) is 12.1. The van der Waals surface area contributed by atoms with Crippen molar-refractivity contribution in [2.24, 2.45) is 0 Å². The third-order valence-corrected chi connectivity index (χ3v) is 3.79. The number of nitrogens with zero attached hydrogens (tertiary/aromatic N) is 1. The molecule has 0 aliphatic heterocycles.